The Balaban J connectivity index is 1.58. The SMILES string of the molecule is O=C(CC1CSc2nc3[nH]ncc3c(=O)n21)Nc1cc(Cl)ccc1Cl. The minimum absolute atomic E-state index is 0.133. The Hall–Kier alpha value is -2.03. The number of nitrogens with zero attached hydrogens (tertiary/aromatic N) is 3. The highest BCUT2D eigenvalue weighted by atomic mass is 35.5. The highest BCUT2D eigenvalue weighted by molar-refractivity contribution is 7.99. The highest BCUT2D eigenvalue weighted by Gasteiger charge is 2.29. The van der Waals surface area contributed by atoms with E-state index in [-0.39, 0.29) is 23.9 Å². The molecule has 0 spiro atoms. The maximum Gasteiger partial charge on any atom is 0.265 e. The van der Waals surface area contributed by atoms with Gasteiger partial charge >= 0.3 is 0 Å². The zero-order valence-corrected chi connectivity index (χ0v) is 15.0. The van der Waals surface area contributed by atoms with Gasteiger partial charge in [-0.3, -0.25) is 19.3 Å². The number of rotatable bonds is 3. The third-order valence-corrected chi connectivity index (χ3v) is 5.54. The minimum Gasteiger partial charge on any atom is -0.325 e. The predicted octanol–water partition coefficient (Wildman–Crippen LogP) is 3.10. The minimum atomic E-state index is -0.280. The molecular weight excluding hydrogens is 385 g/mol. The lowest BCUT2D eigenvalue weighted by atomic mass is 10.2. The van der Waals surface area contributed by atoms with Gasteiger partial charge in [-0.25, -0.2) is 4.98 Å². The monoisotopic (exact) mass is 395 g/mol. The number of anilines is 1. The summed E-state index contributed by atoms with van der Waals surface area (Å²) in [6.45, 7) is 0. The van der Waals surface area contributed by atoms with Crippen LogP contribution in [0.5, 0.6) is 0 Å². The van der Waals surface area contributed by atoms with Crippen LogP contribution in [0.25, 0.3) is 11.0 Å². The van der Waals surface area contributed by atoms with E-state index in [1.54, 1.807) is 22.8 Å². The molecule has 0 bridgehead atoms. The molecule has 1 unspecified atom stereocenters. The molecule has 25 heavy (non-hydrogen) atoms. The summed E-state index contributed by atoms with van der Waals surface area (Å²) in [5.74, 6) is 0.348. The predicted molar refractivity (Wildman–Crippen MR) is 97.6 cm³/mol. The summed E-state index contributed by atoms with van der Waals surface area (Å²) < 4.78 is 1.56. The van der Waals surface area contributed by atoms with E-state index in [0.717, 1.165) is 0 Å². The fourth-order valence-corrected chi connectivity index (χ4v) is 4.19. The van der Waals surface area contributed by atoms with Crippen molar-refractivity contribution < 1.29 is 4.79 Å². The molecule has 3 heterocycles. The molecule has 3 aromatic rings. The second-order valence-electron chi connectivity index (χ2n) is 5.54. The molecular formula is C15H11Cl2N5O2S. The Kier molecular flexibility index (Phi) is 4.18. The van der Waals surface area contributed by atoms with Gasteiger partial charge in [0.2, 0.25) is 5.91 Å². The van der Waals surface area contributed by atoms with Crippen molar-refractivity contribution in [2.45, 2.75) is 17.6 Å². The Morgan fingerprint density at radius 1 is 1.44 bits per heavy atom. The van der Waals surface area contributed by atoms with E-state index in [0.29, 0.717) is 37.7 Å². The van der Waals surface area contributed by atoms with Crippen molar-refractivity contribution >= 4 is 57.6 Å². The second kappa shape index (κ2) is 6.36. The standard InChI is InChI=1S/C15H11Cl2N5O2S/c16-7-1-2-10(17)11(3-7)19-12(23)4-8-6-25-15-20-13-9(5-18-21-13)14(24)22(8)15/h1-3,5,8H,4,6H2,(H,18,21)(H,19,23). The van der Waals surface area contributed by atoms with E-state index < -0.39 is 0 Å². The molecule has 10 heteroatoms. The molecule has 1 aliphatic heterocycles. The van der Waals surface area contributed by atoms with Gasteiger partial charge in [0.25, 0.3) is 5.56 Å². The van der Waals surface area contributed by atoms with Crippen LogP contribution in [0.2, 0.25) is 10.0 Å². The molecule has 128 valence electrons. The van der Waals surface area contributed by atoms with E-state index in [2.05, 4.69) is 20.5 Å². The summed E-state index contributed by atoms with van der Waals surface area (Å²) in [7, 11) is 0. The number of amides is 1. The number of hydrogen-bond acceptors (Lipinski definition) is 5. The van der Waals surface area contributed by atoms with Gasteiger partial charge in [0.1, 0.15) is 5.39 Å². The van der Waals surface area contributed by atoms with E-state index in [9.17, 15) is 9.59 Å². The number of hydrogen-bond donors (Lipinski definition) is 2. The Bertz CT molecular complexity index is 1050. The molecule has 1 aliphatic rings. The first-order chi connectivity index (χ1) is 12.0. The Morgan fingerprint density at radius 2 is 2.28 bits per heavy atom. The smallest absolute Gasteiger partial charge is 0.265 e. The van der Waals surface area contributed by atoms with Gasteiger partial charge in [-0.2, -0.15) is 5.10 Å². The number of carbonyl (C=O) groups is 1. The fraction of sp³-hybridized carbons (Fsp3) is 0.200. The Morgan fingerprint density at radius 3 is 3.12 bits per heavy atom. The van der Waals surface area contributed by atoms with Crippen LogP contribution in [0.4, 0.5) is 5.69 Å². The summed E-state index contributed by atoms with van der Waals surface area (Å²) in [5.41, 5.74) is 0.706. The summed E-state index contributed by atoms with van der Waals surface area (Å²) >= 11 is 13.4. The van der Waals surface area contributed by atoms with E-state index in [1.165, 1.54) is 18.0 Å². The maximum atomic E-state index is 12.6. The number of halogens is 2. The van der Waals surface area contributed by atoms with Crippen LogP contribution >= 0.6 is 35.0 Å². The normalized spacial score (nSPS) is 16.2. The van der Waals surface area contributed by atoms with E-state index in [1.807, 2.05) is 0 Å². The maximum absolute atomic E-state index is 12.6. The number of aromatic amines is 1. The van der Waals surface area contributed by atoms with Crippen LogP contribution in [-0.2, 0) is 4.79 Å². The van der Waals surface area contributed by atoms with Gasteiger partial charge in [0.05, 0.1) is 22.9 Å². The number of H-pyrrole nitrogens is 1. The van der Waals surface area contributed by atoms with Crippen LogP contribution in [-0.4, -0.2) is 31.4 Å². The number of carbonyl (C=O) groups excluding carboxylic acids is 1. The summed E-state index contributed by atoms with van der Waals surface area (Å²) in [6.07, 6.45) is 1.58. The molecule has 0 radical (unpaired) electrons. The summed E-state index contributed by atoms with van der Waals surface area (Å²) in [5, 5.41) is 11.2. The highest BCUT2D eigenvalue weighted by Crippen LogP contribution is 2.33. The lowest BCUT2D eigenvalue weighted by Gasteiger charge is -2.14. The van der Waals surface area contributed by atoms with Gasteiger partial charge in [-0.05, 0) is 18.2 Å². The molecule has 0 aliphatic carbocycles. The zero-order valence-electron chi connectivity index (χ0n) is 12.6. The third-order valence-electron chi connectivity index (χ3n) is 3.88. The van der Waals surface area contributed by atoms with Gasteiger partial charge < -0.3 is 5.32 Å². The van der Waals surface area contributed by atoms with Crippen LogP contribution in [0.15, 0.2) is 34.3 Å². The van der Waals surface area contributed by atoms with Crippen molar-refractivity contribution in [3.63, 3.8) is 0 Å². The molecule has 0 saturated carbocycles. The van der Waals surface area contributed by atoms with Crippen LogP contribution in [0.3, 0.4) is 0 Å². The first kappa shape index (κ1) is 16.4. The van der Waals surface area contributed by atoms with Crippen LogP contribution in [0, 0.1) is 0 Å². The van der Waals surface area contributed by atoms with Crippen molar-refractivity contribution in [2.75, 3.05) is 11.1 Å². The number of thioether (sulfide) groups is 1. The zero-order chi connectivity index (χ0) is 17.6. The number of nitrogens with one attached hydrogen (secondary N) is 2. The number of fused-ring (bicyclic) bond motifs is 2. The lowest BCUT2D eigenvalue weighted by Crippen LogP contribution is -2.27. The molecule has 0 saturated heterocycles. The summed E-state index contributed by atoms with van der Waals surface area (Å²) in [6, 6.07) is 4.56. The van der Waals surface area contributed by atoms with Gasteiger partial charge in [-0.1, -0.05) is 35.0 Å². The van der Waals surface area contributed by atoms with Gasteiger partial charge in [0.15, 0.2) is 10.8 Å². The molecule has 2 aromatic heterocycles. The molecule has 1 aromatic carbocycles. The molecule has 4 rings (SSSR count). The molecule has 1 amide bonds. The van der Waals surface area contributed by atoms with Gasteiger partial charge in [-0.15, -0.1) is 0 Å². The van der Waals surface area contributed by atoms with Crippen molar-refractivity contribution in [3.05, 3.63) is 44.8 Å². The van der Waals surface area contributed by atoms with Crippen LogP contribution in [0.1, 0.15) is 12.5 Å². The van der Waals surface area contributed by atoms with E-state index in [4.69, 9.17) is 23.2 Å². The number of benzene rings is 1. The molecule has 2 N–H and O–H groups in total. The average molecular weight is 396 g/mol. The molecule has 0 fully saturated rings. The first-order valence-corrected chi connectivity index (χ1v) is 9.10. The topological polar surface area (TPSA) is 92.7 Å². The Labute approximate surface area is 155 Å². The van der Waals surface area contributed by atoms with Crippen LogP contribution < -0.4 is 10.9 Å². The third kappa shape index (κ3) is 3.01. The van der Waals surface area contributed by atoms with Crippen molar-refractivity contribution in [1.29, 1.82) is 0 Å². The van der Waals surface area contributed by atoms with Crippen molar-refractivity contribution in [2.24, 2.45) is 0 Å². The largest absolute Gasteiger partial charge is 0.325 e. The second-order valence-corrected chi connectivity index (χ2v) is 7.37. The van der Waals surface area contributed by atoms with Crippen molar-refractivity contribution in [3.8, 4) is 0 Å². The average Bonchev–Trinajstić information content (AvgIpc) is 3.19. The molecule has 1 atom stereocenters. The van der Waals surface area contributed by atoms with Crippen molar-refractivity contribution in [1.82, 2.24) is 19.7 Å². The van der Waals surface area contributed by atoms with Gasteiger partial charge in [0, 0.05) is 17.2 Å². The quantitative estimate of drug-likeness (QED) is 0.664. The summed E-state index contributed by atoms with van der Waals surface area (Å²) in [4.78, 5) is 29.4. The fourth-order valence-electron chi connectivity index (χ4n) is 2.72. The first-order valence-electron chi connectivity index (χ1n) is 7.36. The lowest BCUT2D eigenvalue weighted by molar-refractivity contribution is -0.116. The van der Waals surface area contributed by atoms with E-state index >= 15 is 0 Å². The molecule has 7 nitrogen and oxygen atoms in total. The number of aromatic nitrogens is 4.